The second-order valence-corrected chi connectivity index (χ2v) is 1.74. The third-order valence-corrected chi connectivity index (χ3v) is 1.08. The van der Waals surface area contributed by atoms with Crippen molar-refractivity contribution in [3.8, 4) is 0 Å². The smallest absolute Gasteiger partial charge is 0.278 e. The van der Waals surface area contributed by atoms with Gasteiger partial charge in [-0.15, -0.1) is 0 Å². The largest absolute Gasteiger partial charge is 0.286 e. The fourth-order valence-electron chi connectivity index (χ4n) is 0.592. The van der Waals surface area contributed by atoms with E-state index in [4.69, 9.17) is 5.21 Å². The van der Waals surface area contributed by atoms with Crippen molar-refractivity contribution < 1.29 is 19.9 Å². The predicted molar refractivity (Wildman–Crippen MR) is 22.7 cm³/mol. The van der Waals surface area contributed by atoms with E-state index in [1.54, 1.807) is 0 Å². The molecule has 1 atom stereocenters. The number of nitrogens with zero attached hydrogens (tertiary/aromatic N) is 1. The van der Waals surface area contributed by atoms with Crippen LogP contribution in [0.25, 0.3) is 0 Å². The Labute approximate surface area is 50.5 Å². The molecule has 1 rings (SSSR count). The fraction of sp³-hybridized carbons (Fsp3) is 0.500. The summed E-state index contributed by atoms with van der Waals surface area (Å²) in [4.78, 5) is 20.5. The van der Waals surface area contributed by atoms with Crippen molar-refractivity contribution in [1.82, 2.24) is 5.06 Å². The van der Waals surface area contributed by atoms with Crippen LogP contribution in [-0.4, -0.2) is 28.2 Å². The number of hydrogen-bond donors (Lipinski definition) is 1. The van der Waals surface area contributed by atoms with E-state index in [1.165, 1.54) is 0 Å². The molecule has 0 bridgehead atoms. The molecule has 5 heteroatoms. The standard InChI is InChI=1S/C4H4NO4/c6-2-1-3(7)5(9)4(2)8/h2,9H,1H2. The molecule has 0 aromatic rings. The number of carbonyl (C=O) groups is 2. The maximum absolute atomic E-state index is 10.3. The van der Waals surface area contributed by atoms with Crippen molar-refractivity contribution in [2.75, 3.05) is 0 Å². The highest BCUT2D eigenvalue weighted by atomic mass is 16.5. The van der Waals surface area contributed by atoms with Gasteiger partial charge < -0.3 is 0 Å². The minimum absolute atomic E-state index is 0.127. The van der Waals surface area contributed by atoms with E-state index in [2.05, 4.69) is 0 Å². The minimum atomic E-state index is -1.59. The molecule has 5 nitrogen and oxygen atoms in total. The van der Waals surface area contributed by atoms with Gasteiger partial charge in [0.05, 0.1) is 6.42 Å². The Balaban J connectivity index is 2.77. The van der Waals surface area contributed by atoms with Crippen LogP contribution in [0, 0.1) is 0 Å². The molecule has 1 unspecified atom stereocenters. The highest BCUT2D eigenvalue weighted by molar-refractivity contribution is 6.03. The summed E-state index contributed by atoms with van der Waals surface area (Å²) in [6.07, 6.45) is -2.02. The average Bonchev–Trinajstić information content (AvgIpc) is 1.98. The molecule has 9 heavy (non-hydrogen) atoms. The Morgan fingerprint density at radius 3 is 2.22 bits per heavy atom. The van der Waals surface area contributed by atoms with Crippen molar-refractivity contribution in [3.63, 3.8) is 0 Å². The van der Waals surface area contributed by atoms with Crippen LogP contribution < -0.4 is 0 Å². The normalized spacial score (nSPS) is 27.8. The molecule has 49 valence electrons. The van der Waals surface area contributed by atoms with E-state index >= 15 is 0 Å². The Kier molecular flexibility index (Phi) is 1.22. The summed E-state index contributed by atoms with van der Waals surface area (Å²) >= 11 is 0. The molecule has 0 aromatic carbocycles. The SMILES string of the molecule is [O]C1CC(=O)N(O)C1=O. The first-order valence-electron chi connectivity index (χ1n) is 2.34. The minimum Gasteiger partial charge on any atom is -0.278 e. The fourth-order valence-corrected chi connectivity index (χ4v) is 0.592. The van der Waals surface area contributed by atoms with Gasteiger partial charge in [-0.1, -0.05) is 0 Å². The van der Waals surface area contributed by atoms with Gasteiger partial charge in [-0.2, -0.15) is 5.06 Å². The first-order chi connectivity index (χ1) is 4.13. The zero-order chi connectivity index (χ0) is 7.02. The lowest BCUT2D eigenvalue weighted by molar-refractivity contribution is -0.174. The van der Waals surface area contributed by atoms with Crippen LogP contribution in [0.1, 0.15) is 6.42 Å². The van der Waals surface area contributed by atoms with Crippen LogP contribution in [0.3, 0.4) is 0 Å². The van der Waals surface area contributed by atoms with Gasteiger partial charge in [0.1, 0.15) is 0 Å². The van der Waals surface area contributed by atoms with E-state index in [9.17, 15) is 14.7 Å². The number of hydroxylamine groups is 2. The molecule has 0 saturated carbocycles. The van der Waals surface area contributed by atoms with Crippen molar-refractivity contribution in [1.29, 1.82) is 0 Å². The van der Waals surface area contributed by atoms with Crippen LogP contribution in [0.5, 0.6) is 0 Å². The lowest BCUT2D eigenvalue weighted by Gasteiger charge is -1.99. The van der Waals surface area contributed by atoms with E-state index in [0.717, 1.165) is 0 Å². The van der Waals surface area contributed by atoms with Gasteiger partial charge in [-0.25, -0.2) is 5.11 Å². The summed E-state index contributed by atoms with van der Waals surface area (Å²) in [7, 11) is 0. The molecule has 1 saturated heterocycles. The maximum Gasteiger partial charge on any atom is 0.286 e. The lowest BCUT2D eigenvalue weighted by Crippen LogP contribution is -2.27. The predicted octanol–water partition coefficient (Wildman–Crippen LogP) is -1.07. The molecule has 1 radical (unpaired) electrons. The second-order valence-electron chi connectivity index (χ2n) is 1.74. The van der Waals surface area contributed by atoms with Gasteiger partial charge in [0, 0.05) is 0 Å². The van der Waals surface area contributed by atoms with Gasteiger partial charge >= 0.3 is 0 Å². The molecular formula is C4H4NO4. The van der Waals surface area contributed by atoms with Gasteiger partial charge in [-0.3, -0.25) is 14.8 Å². The third kappa shape index (κ3) is 0.797. The number of rotatable bonds is 0. The van der Waals surface area contributed by atoms with Gasteiger partial charge in [0.25, 0.3) is 11.8 Å². The molecule has 0 spiro atoms. The Hall–Kier alpha value is -0.940. The summed E-state index contributed by atoms with van der Waals surface area (Å²) in [6.45, 7) is 0. The molecule has 2 amide bonds. The first-order valence-corrected chi connectivity index (χ1v) is 2.34. The van der Waals surface area contributed by atoms with Crippen molar-refractivity contribution in [2.24, 2.45) is 0 Å². The third-order valence-electron chi connectivity index (χ3n) is 1.08. The molecule has 1 aliphatic heterocycles. The number of carbonyl (C=O) groups excluding carboxylic acids is 2. The van der Waals surface area contributed by atoms with Crippen molar-refractivity contribution in [2.45, 2.75) is 12.5 Å². The van der Waals surface area contributed by atoms with Gasteiger partial charge in [0.15, 0.2) is 6.10 Å². The highest BCUT2D eigenvalue weighted by Gasteiger charge is 2.37. The second kappa shape index (κ2) is 1.78. The summed E-state index contributed by atoms with van der Waals surface area (Å²) < 4.78 is 0. The van der Waals surface area contributed by atoms with Crippen molar-refractivity contribution in [3.05, 3.63) is 0 Å². The van der Waals surface area contributed by atoms with Crippen LogP contribution in [0.4, 0.5) is 0 Å². The number of amides is 2. The Morgan fingerprint density at radius 2 is 2.11 bits per heavy atom. The van der Waals surface area contributed by atoms with E-state index in [-0.39, 0.29) is 5.06 Å². The first kappa shape index (κ1) is 6.18. The van der Waals surface area contributed by atoms with E-state index in [0.29, 0.717) is 0 Å². The van der Waals surface area contributed by atoms with Crippen LogP contribution >= 0.6 is 0 Å². The number of imide groups is 1. The monoisotopic (exact) mass is 130 g/mol. The van der Waals surface area contributed by atoms with Crippen LogP contribution in [0.15, 0.2) is 0 Å². The molecule has 0 aliphatic carbocycles. The Morgan fingerprint density at radius 1 is 1.56 bits per heavy atom. The molecule has 0 aromatic heterocycles. The maximum atomic E-state index is 10.3. The molecule has 1 heterocycles. The molecule has 1 fully saturated rings. The summed E-state index contributed by atoms with van der Waals surface area (Å²) in [5.74, 6) is -1.87. The zero-order valence-electron chi connectivity index (χ0n) is 4.40. The topological polar surface area (TPSA) is 77.5 Å². The van der Waals surface area contributed by atoms with E-state index < -0.39 is 24.3 Å². The van der Waals surface area contributed by atoms with Gasteiger partial charge in [-0.05, 0) is 0 Å². The summed E-state index contributed by atoms with van der Waals surface area (Å²) in [6, 6.07) is 0. The van der Waals surface area contributed by atoms with Crippen LogP contribution in [-0.2, 0) is 14.7 Å². The van der Waals surface area contributed by atoms with Gasteiger partial charge in [0.2, 0.25) is 0 Å². The zero-order valence-corrected chi connectivity index (χ0v) is 4.40. The summed E-state index contributed by atoms with van der Waals surface area (Å²) in [5, 5.41) is 18.5. The van der Waals surface area contributed by atoms with Crippen molar-refractivity contribution >= 4 is 11.8 Å². The lowest BCUT2D eigenvalue weighted by atomic mass is 10.3. The average molecular weight is 130 g/mol. The number of hydrogen-bond acceptors (Lipinski definition) is 3. The molecule has 1 aliphatic rings. The van der Waals surface area contributed by atoms with Crippen LogP contribution in [0.2, 0.25) is 0 Å². The molecule has 1 N–H and O–H groups in total. The van der Waals surface area contributed by atoms with E-state index in [1.807, 2.05) is 0 Å². The highest BCUT2D eigenvalue weighted by Crippen LogP contribution is 2.09. The quantitative estimate of drug-likeness (QED) is 0.335. The molecular weight excluding hydrogens is 126 g/mol. The summed E-state index contributed by atoms with van der Waals surface area (Å²) in [5.41, 5.74) is 0. The Bertz CT molecular complexity index is 166.